The molecule has 0 saturated heterocycles. The molecule has 1 atom stereocenters. The smallest absolute Gasteiger partial charge is 0.255 e. The zero-order valence-electron chi connectivity index (χ0n) is 17.2. The van der Waals surface area contributed by atoms with Gasteiger partial charge in [0.25, 0.3) is 5.91 Å². The SMILES string of the molecule is CC(c1ccncc1)N(C)C(=O)c1cnc2c(c1)N(Cc1ccc(Cl)cc1)C(=O)CN2. The highest BCUT2D eigenvalue weighted by Crippen LogP contribution is 2.31. The van der Waals surface area contributed by atoms with Gasteiger partial charge in [0.15, 0.2) is 5.82 Å². The number of carbonyl (C=O) groups is 2. The number of carbonyl (C=O) groups excluding carboxylic acids is 2. The minimum Gasteiger partial charge on any atom is -0.359 e. The fourth-order valence-electron chi connectivity index (χ4n) is 3.49. The van der Waals surface area contributed by atoms with Crippen LogP contribution in [0.1, 0.15) is 34.5 Å². The molecule has 158 valence electrons. The second-order valence-electron chi connectivity index (χ2n) is 7.42. The monoisotopic (exact) mass is 435 g/mol. The predicted octanol–water partition coefficient (Wildman–Crippen LogP) is 3.92. The van der Waals surface area contributed by atoms with Gasteiger partial charge in [-0.3, -0.25) is 14.6 Å². The Morgan fingerprint density at radius 3 is 2.65 bits per heavy atom. The molecule has 3 aromatic rings. The third-order valence-corrected chi connectivity index (χ3v) is 5.71. The first kappa shape index (κ1) is 20.8. The molecule has 3 heterocycles. The van der Waals surface area contributed by atoms with Crippen molar-refractivity contribution in [1.82, 2.24) is 14.9 Å². The second kappa shape index (κ2) is 8.73. The van der Waals surface area contributed by atoms with Gasteiger partial charge in [-0.1, -0.05) is 23.7 Å². The Balaban J connectivity index is 1.61. The molecule has 2 amide bonds. The Hall–Kier alpha value is -3.45. The van der Waals surface area contributed by atoms with E-state index in [0.29, 0.717) is 28.6 Å². The third-order valence-electron chi connectivity index (χ3n) is 5.46. The molecule has 0 radical (unpaired) electrons. The Kier molecular flexibility index (Phi) is 5.86. The fraction of sp³-hybridized carbons (Fsp3) is 0.217. The van der Waals surface area contributed by atoms with Crippen LogP contribution >= 0.6 is 11.6 Å². The number of anilines is 2. The van der Waals surface area contributed by atoms with E-state index in [1.165, 1.54) is 0 Å². The van der Waals surface area contributed by atoms with E-state index in [1.807, 2.05) is 31.2 Å². The molecule has 0 saturated carbocycles. The van der Waals surface area contributed by atoms with Crippen LogP contribution in [0, 0.1) is 0 Å². The molecule has 2 aromatic heterocycles. The second-order valence-corrected chi connectivity index (χ2v) is 7.86. The molecule has 4 rings (SSSR count). The van der Waals surface area contributed by atoms with Gasteiger partial charge in [0, 0.05) is 30.7 Å². The van der Waals surface area contributed by atoms with E-state index in [9.17, 15) is 9.59 Å². The van der Waals surface area contributed by atoms with Crippen molar-refractivity contribution in [2.24, 2.45) is 0 Å². The summed E-state index contributed by atoms with van der Waals surface area (Å²) in [5.74, 6) is 0.311. The molecule has 31 heavy (non-hydrogen) atoms. The quantitative estimate of drug-likeness (QED) is 0.657. The van der Waals surface area contributed by atoms with Gasteiger partial charge < -0.3 is 15.1 Å². The highest BCUT2D eigenvalue weighted by Gasteiger charge is 2.27. The average molecular weight is 436 g/mol. The Labute approximate surface area is 185 Å². The van der Waals surface area contributed by atoms with E-state index in [-0.39, 0.29) is 24.4 Å². The van der Waals surface area contributed by atoms with Crippen molar-refractivity contribution in [3.63, 3.8) is 0 Å². The van der Waals surface area contributed by atoms with Gasteiger partial charge in [0.05, 0.1) is 30.4 Å². The number of fused-ring (bicyclic) bond motifs is 1. The van der Waals surface area contributed by atoms with E-state index in [2.05, 4.69) is 15.3 Å². The number of rotatable bonds is 5. The number of aromatic nitrogens is 2. The summed E-state index contributed by atoms with van der Waals surface area (Å²) in [6, 6.07) is 12.7. The van der Waals surface area contributed by atoms with E-state index in [4.69, 9.17) is 11.6 Å². The van der Waals surface area contributed by atoms with Crippen molar-refractivity contribution in [1.29, 1.82) is 0 Å². The van der Waals surface area contributed by atoms with Crippen molar-refractivity contribution >= 4 is 34.9 Å². The van der Waals surface area contributed by atoms with E-state index < -0.39 is 0 Å². The van der Waals surface area contributed by atoms with E-state index in [0.717, 1.165) is 11.1 Å². The van der Waals surface area contributed by atoms with Crippen LogP contribution in [-0.2, 0) is 11.3 Å². The fourth-order valence-corrected chi connectivity index (χ4v) is 3.62. The van der Waals surface area contributed by atoms with Crippen LogP contribution in [0.4, 0.5) is 11.5 Å². The molecule has 0 spiro atoms. The van der Waals surface area contributed by atoms with Crippen molar-refractivity contribution in [2.75, 3.05) is 23.8 Å². The van der Waals surface area contributed by atoms with Crippen LogP contribution in [0.15, 0.2) is 61.1 Å². The molecule has 0 aliphatic carbocycles. The first-order valence-corrected chi connectivity index (χ1v) is 10.3. The molecular formula is C23H22ClN5O2. The number of hydrogen-bond donors (Lipinski definition) is 1. The maximum atomic E-state index is 13.2. The maximum Gasteiger partial charge on any atom is 0.255 e. The van der Waals surface area contributed by atoms with Gasteiger partial charge >= 0.3 is 0 Å². The summed E-state index contributed by atoms with van der Waals surface area (Å²) in [6.07, 6.45) is 4.95. The number of hydrogen-bond acceptors (Lipinski definition) is 5. The predicted molar refractivity (Wildman–Crippen MR) is 120 cm³/mol. The van der Waals surface area contributed by atoms with Crippen molar-refractivity contribution in [3.05, 3.63) is 82.8 Å². The summed E-state index contributed by atoms with van der Waals surface area (Å²) in [4.78, 5) is 37.5. The first-order valence-electron chi connectivity index (χ1n) is 9.90. The molecule has 7 nitrogen and oxygen atoms in total. The minimum absolute atomic E-state index is 0.0904. The Bertz CT molecular complexity index is 1100. The molecule has 1 aliphatic rings. The van der Waals surface area contributed by atoms with Crippen molar-refractivity contribution < 1.29 is 9.59 Å². The number of pyridine rings is 2. The van der Waals surface area contributed by atoms with Gasteiger partial charge in [0.1, 0.15) is 0 Å². The summed E-state index contributed by atoms with van der Waals surface area (Å²) in [5, 5.41) is 3.66. The third kappa shape index (κ3) is 4.36. The lowest BCUT2D eigenvalue weighted by atomic mass is 10.1. The molecule has 8 heteroatoms. The number of amides is 2. The number of benzene rings is 1. The van der Waals surface area contributed by atoms with Gasteiger partial charge in [-0.2, -0.15) is 0 Å². The minimum atomic E-state index is -0.177. The van der Waals surface area contributed by atoms with Gasteiger partial charge in [0.2, 0.25) is 5.91 Å². The summed E-state index contributed by atoms with van der Waals surface area (Å²) in [6.45, 7) is 2.48. The summed E-state index contributed by atoms with van der Waals surface area (Å²) >= 11 is 5.97. The van der Waals surface area contributed by atoms with Crippen LogP contribution in [0.2, 0.25) is 5.02 Å². The highest BCUT2D eigenvalue weighted by molar-refractivity contribution is 6.30. The Morgan fingerprint density at radius 1 is 1.23 bits per heavy atom. The lowest BCUT2D eigenvalue weighted by Gasteiger charge is -2.30. The standard InChI is InChI=1S/C23H22ClN5O2/c1-15(17-7-9-25-10-8-17)28(2)23(31)18-11-20-22(26-12-18)27-13-21(30)29(20)14-16-3-5-19(24)6-4-16/h3-12,15H,13-14H2,1-2H3,(H,26,27). The largest absolute Gasteiger partial charge is 0.359 e. The lowest BCUT2D eigenvalue weighted by molar-refractivity contribution is -0.117. The topological polar surface area (TPSA) is 78.4 Å². The summed E-state index contributed by atoms with van der Waals surface area (Å²) < 4.78 is 0. The van der Waals surface area contributed by atoms with E-state index in [1.54, 1.807) is 53.6 Å². The average Bonchev–Trinajstić information content (AvgIpc) is 2.81. The lowest BCUT2D eigenvalue weighted by Crippen LogP contribution is -2.40. The van der Waals surface area contributed by atoms with Crippen molar-refractivity contribution in [3.8, 4) is 0 Å². The van der Waals surface area contributed by atoms with Crippen LogP contribution in [0.25, 0.3) is 0 Å². The van der Waals surface area contributed by atoms with Crippen LogP contribution in [0.3, 0.4) is 0 Å². The summed E-state index contributed by atoms with van der Waals surface area (Å²) in [5.41, 5.74) is 2.92. The van der Waals surface area contributed by atoms with Crippen LogP contribution in [0.5, 0.6) is 0 Å². The molecular weight excluding hydrogens is 414 g/mol. The molecule has 1 aromatic carbocycles. The number of halogens is 1. The summed E-state index contributed by atoms with van der Waals surface area (Å²) in [7, 11) is 1.75. The first-order chi connectivity index (χ1) is 14.9. The van der Waals surface area contributed by atoms with Gasteiger partial charge in [-0.05, 0) is 48.4 Å². The normalized spacial score (nSPS) is 13.9. The molecule has 0 bridgehead atoms. The van der Waals surface area contributed by atoms with Gasteiger partial charge in [-0.25, -0.2) is 4.98 Å². The molecule has 0 fully saturated rings. The molecule has 1 unspecified atom stereocenters. The number of nitrogens with one attached hydrogen (secondary N) is 1. The highest BCUT2D eigenvalue weighted by atomic mass is 35.5. The zero-order valence-corrected chi connectivity index (χ0v) is 18.0. The van der Waals surface area contributed by atoms with Crippen molar-refractivity contribution in [2.45, 2.75) is 19.5 Å². The van der Waals surface area contributed by atoms with E-state index >= 15 is 0 Å². The molecule has 1 aliphatic heterocycles. The van der Waals surface area contributed by atoms with Crippen LogP contribution in [-0.4, -0.2) is 40.3 Å². The number of nitrogens with zero attached hydrogens (tertiary/aromatic N) is 4. The molecule has 1 N–H and O–H groups in total. The Morgan fingerprint density at radius 2 is 1.94 bits per heavy atom. The van der Waals surface area contributed by atoms with Crippen LogP contribution < -0.4 is 10.2 Å². The van der Waals surface area contributed by atoms with Gasteiger partial charge in [-0.15, -0.1) is 0 Å². The maximum absolute atomic E-state index is 13.2. The zero-order chi connectivity index (χ0) is 22.0.